The van der Waals surface area contributed by atoms with Crippen molar-refractivity contribution in [1.82, 2.24) is 4.98 Å². The smallest absolute Gasteiger partial charge is 0.169 e. The second kappa shape index (κ2) is 14.9. The Balaban J connectivity index is 1.22. The number of aromatic nitrogens is 2. The Morgan fingerprint density at radius 3 is 2.42 bits per heavy atom. The van der Waals surface area contributed by atoms with Crippen molar-refractivity contribution in [3.8, 4) is 22.6 Å². The summed E-state index contributed by atoms with van der Waals surface area (Å²) in [5, 5.41) is 1.23. The predicted molar refractivity (Wildman–Crippen MR) is 179 cm³/mol. The molecule has 0 aliphatic carbocycles. The van der Waals surface area contributed by atoms with Gasteiger partial charge in [0.2, 0.25) is 0 Å². The van der Waals surface area contributed by atoms with Crippen LogP contribution in [0.25, 0.3) is 34.2 Å². The molecule has 0 fully saturated rings. The van der Waals surface area contributed by atoms with E-state index in [-0.39, 0.29) is 0 Å². The molecule has 0 unspecified atom stereocenters. The Hall–Kier alpha value is -4.83. The fourth-order valence-electron chi connectivity index (χ4n) is 5.21. The van der Waals surface area contributed by atoms with Crippen LogP contribution in [0.5, 0.6) is 11.5 Å². The van der Waals surface area contributed by atoms with E-state index in [1.807, 2.05) is 12.2 Å². The zero-order chi connectivity index (χ0) is 29.9. The molecular formula is C39H41N2O2+. The number of hydrogen-bond donors (Lipinski definition) is 1. The van der Waals surface area contributed by atoms with Gasteiger partial charge in [-0.3, -0.25) is 0 Å². The lowest BCUT2D eigenvalue weighted by Crippen LogP contribution is -2.33. The maximum atomic E-state index is 6.38. The molecular weight excluding hydrogens is 528 g/mol. The van der Waals surface area contributed by atoms with Crippen LogP contribution < -0.4 is 14.0 Å². The monoisotopic (exact) mass is 569 g/mol. The van der Waals surface area contributed by atoms with Crippen LogP contribution >= 0.6 is 0 Å². The van der Waals surface area contributed by atoms with Crippen LogP contribution in [-0.4, -0.2) is 18.2 Å². The lowest BCUT2D eigenvalue weighted by molar-refractivity contribution is -0.697. The van der Waals surface area contributed by atoms with E-state index in [0.717, 1.165) is 65.9 Å². The van der Waals surface area contributed by atoms with Crippen molar-refractivity contribution in [2.24, 2.45) is 0 Å². The molecule has 0 saturated carbocycles. The SMILES string of the molecule is C=CCc1ccc(OCCC[n+]2ccc(/C=C/c3c[nH]c4ccccc34)cc2)c(-c2ccc(OCCC)c(CC=C)c2)c1. The number of allylic oxidation sites excluding steroid dienone is 2. The highest BCUT2D eigenvalue weighted by Crippen LogP contribution is 2.35. The quantitative estimate of drug-likeness (QED) is 0.0776. The maximum absolute atomic E-state index is 6.38. The number of aryl methyl sites for hydroxylation is 1. The van der Waals surface area contributed by atoms with Crippen molar-refractivity contribution in [2.75, 3.05) is 13.2 Å². The summed E-state index contributed by atoms with van der Waals surface area (Å²) < 4.78 is 14.6. The van der Waals surface area contributed by atoms with Crippen LogP contribution in [0.3, 0.4) is 0 Å². The number of hydrogen-bond acceptors (Lipinski definition) is 2. The summed E-state index contributed by atoms with van der Waals surface area (Å²) in [7, 11) is 0. The van der Waals surface area contributed by atoms with Gasteiger partial charge in [-0.05, 0) is 77.4 Å². The van der Waals surface area contributed by atoms with Crippen molar-refractivity contribution in [3.05, 3.63) is 139 Å². The number of ether oxygens (including phenoxy) is 2. The molecule has 0 amide bonds. The van der Waals surface area contributed by atoms with Gasteiger partial charge in [0, 0.05) is 41.2 Å². The van der Waals surface area contributed by atoms with E-state index in [4.69, 9.17) is 9.47 Å². The summed E-state index contributed by atoms with van der Waals surface area (Å²) in [6.45, 7) is 12.2. The van der Waals surface area contributed by atoms with Gasteiger partial charge < -0.3 is 14.5 Å². The zero-order valence-corrected chi connectivity index (χ0v) is 25.1. The third kappa shape index (κ3) is 7.72. The van der Waals surface area contributed by atoms with E-state index < -0.39 is 0 Å². The number of aromatic amines is 1. The Kier molecular flexibility index (Phi) is 10.3. The van der Waals surface area contributed by atoms with E-state index >= 15 is 0 Å². The van der Waals surface area contributed by atoms with Crippen molar-refractivity contribution in [3.63, 3.8) is 0 Å². The summed E-state index contributed by atoms with van der Waals surface area (Å²) in [6.07, 6.45) is 17.9. The van der Waals surface area contributed by atoms with Crippen molar-refractivity contribution in [1.29, 1.82) is 0 Å². The maximum Gasteiger partial charge on any atom is 0.169 e. The summed E-state index contributed by atoms with van der Waals surface area (Å²) in [6, 6.07) is 25.5. The Labute approximate surface area is 255 Å². The fourth-order valence-corrected chi connectivity index (χ4v) is 5.21. The molecule has 4 heteroatoms. The van der Waals surface area contributed by atoms with Crippen molar-refractivity contribution < 1.29 is 14.0 Å². The van der Waals surface area contributed by atoms with E-state index in [2.05, 4.69) is 133 Å². The number of H-pyrrole nitrogens is 1. The zero-order valence-electron chi connectivity index (χ0n) is 25.1. The Morgan fingerprint density at radius 1 is 0.814 bits per heavy atom. The van der Waals surface area contributed by atoms with Crippen molar-refractivity contribution in [2.45, 2.75) is 39.2 Å². The normalized spacial score (nSPS) is 11.2. The van der Waals surface area contributed by atoms with Crippen molar-refractivity contribution >= 4 is 23.1 Å². The van der Waals surface area contributed by atoms with Gasteiger partial charge >= 0.3 is 0 Å². The highest BCUT2D eigenvalue weighted by molar-refractivity contribution is 5.91. The van der Waals surface area contributed by atoms with E-state index in [1.165, 1.54) is 22.1 Å². The van der Waals surface area contributed by atoms with Gasteiger partial charge in [-0.2, -0.15) is 0 Å². The Bertz CT molecular complexity index is 1690. The van der Waals surface area contributed by atoms with Crippen LogP contribution in [0.1, 0.15) is 42.0 Å². The minimum Gasteiger partial charge on any atom is -0.493 e. The molecule has 2 heterocycles. The molecule has 0 bridgehead atoms. The molecule has 2 aromatic heterocycles. The molecule has 0 spiro atoms. The molecule has 0 atom stereocenters. The number of benzene rings is 3. The lowest BCUT2D eigenvalue weighted by Gasteiger charge is -2.16. The standard InChI is InChI=1S/C39H40N2O2/c1-4-10-31-15-18-39(36(27-31)32-17-19-38(42-25-6-3)33(28-32)11-5-2)43-26-9-22-41-23-20-30(21-24-41)14-16-34-29-40-37-13-8-7-12-35(34)37/h4-5,7-8,12-21,23-24,27-29H,1-2,6,9-11,22,25-26H2,3H3/p+1. The highest BCUT2D eigenvalue weighted by Gasteiger charge is 2.12. The number of rotatable bonds is 15. The van der Waals surface area contributed by atoms with Gasteiger partial charge in [-0.15, -0.1) is 13.2 Å². The molecule has 5 rings (SSSR count). The summed E-state index contributed by atoms with van der Waals surface area (Å²) in [4.78, 5) is 3.33. The van der Waals surface area contributed by atoms with Gasteiger partial charge in [0.15, 0.2) is 18.9 Å². The third-order valence-corrected chi connectivity index (χ3v) is 7.43. The molecule has 5 aromatic rings. The average Bonchev–Trinajstić information content (AvgIpc) is 3.46. The fraction of sp³-hybridized carbons (Fsp3) is 0.205. The highest BCUT2D eigenvalue weighted by atomic mass is 16.5. The van der Waals surface area contributed by atoms with Crippen LogP contribution in [0.2, 0.25) is 0 Å². The van der Waals surface area contributed by atoms with Gasteiger partial charge in [0.1, 0.15) is 11.5 Å². The van der Waals surface area contributed by atoms with E-state index in [1.54, 1.807) is 0 Å². The van der Waals surface area contributed by atoms with Gasteiger partial charge in [0.25, 0.3) is 0 Å². The third-order valence-electron chi connectivity index (χ3n) is 7.43. The number of pyridine rings is 1. The van der Waals surface area contributed by atoms with E-state index in [9.17, 15) is 0 Å². The largest absolute Gasteiger partial charge is 0.493 e. The van der Waals surface area contributed by atoms with E-state index in [0.29, 0.717) is 13.2 Å². The second-order valence-corrected chi connectivity index (χ2v) is 10.7. The van der Waals surface area contributed by atoms with Gasteiger partial charge in [-0.25, -0.2) is 4.57 Å². The summed E-state index contributed by atoms with van der Waals surface area (Å²) >= 11 is 0. The number of nitrogens with one attached hydrogen (secondary N) is 1. The first-order valence-electron chi connectivity index (χ1n) is 15.2. The minimum atomic E-state index is 0.625. The number of nitrogens with zero attached hydrogens (tertiary/aromatic N) is 1. The molecule has 0 radical (unpaired) electrons. The molecule has 218 valence electrons. The van der Waals surface area contributed by atoms with Crippen LogP contribution in [0.4, 0.5) is 0 Å². The average molecular weight is 570 g/mol. The minimum absolute atomic E-state index is 0.625. The first-order chi connectivity index (χ1) is 21.2. The van der Waals surface area contributed by atoms with Crippen LogP contribution in [0, 0.1) is 0 Å². The Morgan fingerprint density at radius 2 is 1.60 bits per heavy atom. The predicted octanol–water partition coefficient (Wildman–Crippen LogP) is 9.01. The molecule has 0 saturated heterocycles. The molecule has 0 aliphatic heterocycles. The van der Waals surface area contributed by atoms with Gasteiger partial charge in [0.05, 0.1) is 13.2 Å². The first kappa shape index (κ1) is 29.7. The molecule has 1 N–H and O–H groups in total. The molecule has 43 heavy (non-hydrogen) atoms. The second-order valence-electron chi connectivity index (χ2n) is 10.7. The topological polar surface area (TPSA) is 38.1 Å². The van der Waals surface area contributed by atoms with Crippen LogP contribution in [-0.2, 0) is 19.4 Å². The molecule has 4 nitrogen and oxygen atoms in total. The first-order valence-corrected chi connectivity index (χ1v) is 15.2. The van der Waals surface area contributed by atoms with Crippen LogP contribution in [0.15, 0.2) is 117 Å². The molecule has 3 aromatic carbocycles. The lowest BCUT2D eigenvalue weighted by atomic mass is 9.97. The molecule has 0 aliphatic rings. The number of para-hydroxylation sites is 1. The summed E-state index contributed by atoms with van der Waals surface area (Å²) in [5.41, 5.74) is 8.07. The number of fused-ring (bicyclic) bond motifs is 1. The van der Waals surface area contributed by atoms with Gasteiger partial charge in [-0.1, -0.05) is 61.6 Å². The summed E-state index contributed by atoms with van der Waals surface area (Å²) in [5.74, 6) is 1.81.